The van der Waals surface area contributed by atoms with E-state index in [1.165, 1.54) is 64.2 Å². The zero-order chi connectivity index (χ0) is 34.1. The summed E-state index contributed by atoms with van der Waals surface area (Å²) in [6, 6.07) is 0. The largest absolute Gasteiger partial charge is 0.465 e. The van der Waals surface area contributed by atoms with Gasteiger partial charge < -0.3 is 9.47 Å². The molecule has 3 aliphatic rings. The summed E-state index contributed by atoms with van der Waals surface area (Å²) in [5, 5.41) is 0. The van der Waals surface area contributed by atoms with Crippen LogP contribution in [-0.2, 0) is 19.1 Å². The summed E-state index contributed by atoms with van der Waals surface area (Å²) in [5.74, 6) is 3.71. The summed E-state index contributed by atoms with van der Waals surface area (Å²) in [4.78, 5) is 27.1. The van der Waals surface area contributed by atoms with Crippen LogP contribution in [0, 0.1) is 70.0 Å². The minimum atomic E-state index is -0.348. The first kappa shape index (κ1) is 39.4. The van der Waals surface area contributed by atoms with Crippen LogP contribution in [0.1, 0.15) is 172 Å². The highest BCUT2D eigenvalue weighted by Gasteiger charge is 2.42. The highest BCUT2D eigenvalue weighted by atomic mass is 16.5. The van der Waals surface area contributed by atoms with Gasteiger partial charge in [0, 0.05) is 0 Å². The van der Waals surface area contributed by atoms with Gasteiger partial charge in [0.05, 0.1) is 25.0 Å². The molecule has 3 fully saturated rings. The van der Waals surface area contributed by atoms with Crippen LogP contribution in [0.2, 0.25) is 0 Å². The predicted octanol–water partition coefficient (Wildman–Crippen LogP) is 11.7. The van der Waals surface area contributed by atoms with Gasteiger partial charge in [0.2, 0.25) is 0 Å². The minimum Gasteiger partial charge on any atom is -0.465 e. The lowest BCUT2D eigenvalue weighted by atomic mass is 9.62. The zero-order valence-corrected chi connectivity index (χ0v) is 32.1. The summed E-state index contributed by atoms with van der Waals surface area (Å²) in [6.07, 6.45) is 18.4. The van der Waals surface area contributed by atoms with Crippen LogP contribution in [0.15, 0.2) is 0 Å². The molecule has 4 nitrogen and oxygen atoms in total. The number of hydrogen-bond acceptors (Lipinski definition) is 4. The molecule has 0 radical (unpaired) electrons. The highest BCUT2D eigenvalue weighted by molar-refractivity contribution is 5.82. The molecule has 0 heterocycles. The summed E-state index contributed by atoms with van der Waals surface area (Å²) < 4.78 is 12.2. The molecule has 0 spiro atoms. The molecule has 10 atom stereocenters. The smallest absolute Gasteiger partial charge is 0.309 e. The van der Waals surface area contributed by atoms with Crippen molar-refractivity contribution in [2.45, 2.75) is 172 Å². The molecule has 0 N–H and O–H groups in total. The van der Waals surface area contributed by atoms with Crippen LogP contribution in [0.5, 0.6) is 0 Å². The van der Waals surface area contributed by atoms with E-state index >= 15 is 0 Å². The van der Waals surface area contributed by atoms with Gasteiger partial charge in [0.15, 0.2) is 0 Å². The van der Waals surface area contributed by atoms with Crippen molar-refractivity contribution in [1.82, 2.24) is 0 Å². The summed E-state index contributed by atoms with van der Waals surface area (Å²) in [6.45, 7) is 25.0. The molecular formula is C42H76O4. The SMILES string of the molecule is CCCCC(C)(C)CC1C(C)CCC(COC(=O)C2CCCCC2C(=O)OCC2CCC(C)C(CC(C)(C)CCCC)C2C)C1C. The Bertz CT molecular complexity index is 849. The average molecular weight is 645 g/mol. The van der Waals surface area contributed by atoms with E-state index in [4.69, 9.17) is 9.47 Å². The first-order valence-electron chi connectivity index (χ1n) is 20.0. The van der Waals surface area contributed by atoms with Crippen molar-refractivity contribution in [3.8, 4) is 0 Å². The summed E-state index contributed by atoms with van der Waals surface area (Å²) in [7, 11) is 0. The normalized spacial score (nSPS) is 34.2. The Labute approximate surface area is 285 Å². The van der Waals surface area contributed by atoms with Gasteiger partial charge in [0.25, 0.3) is 0 Å². The van der Waals surface area contributed by atoms with Crippen LogP contribution >= 0.6 is 0 Å². The fraction of sp³-hybridized carbons (Fsp3) is 0.952. The molecule has 0 saturated heterocycles. The third-order valence-electron chi connectivity index (χ3n) is 13.5. The highest BCUT2D eigenvalue weighted by Crippen LogP contribution is 2.47. The lowest BCUT2D eigenvalue weighted by Crippen LogP contribution is -2.40. The molecule has 268 valence electrons. The van der Waals surface area contributed by atoms with Gasteiger partial charge in [-0.15, -0.1) is 0 Å². The Balaban J connectivity index is 1.54. The fourth-order valence-corrected chi connectivity index (χ4v) is 9.97. The maximum Gasteiger partial charge on any atom is 0.309 e. The van der Waals surface area contributed by atoms with Crippen LogP contribution in [-0.4, -0.2) is 25.2 Å². The zero-order valence-electron chi connectivity index (χ0n) is 32.1. The first-order valence-corrected chi connectivity index (χ1v) is 20.0. The van der Waals surface area contributed by atoms with Crippen molar-refractivity contribution in [2.24, 2.45) is 70.0 Å². The molecule has 0 aromatic rings. The summed E-state index contributed by atoms with van der Waals surface area (Å²) in [5.41, 5.74) is 0.717. The second-order valence-corrected chi connectivity index (χ2v) is 18.4. The third kappa shape index (κ3) is 11.2. The van der Waals surface area contributed by atoms with E-state index in [1.807, 2.05) is 0 Å². The number of esters is 2. The van der Waals surface area contributed by atoms with Crippen molar-refractivity contribution in [1.29, 1.82) is 0 Å². The maximum atomic E-state index is 13.6. The molecule has 10 unspecified atom stereocenters. The number of carbonyl (C=O) groups is 2. The quantitative estimate of drug-likeness (QED) is 0.157. The predicted molar refractivity (Wildman–Crippen MR) is 192 cm³/mol. The molecule has 0 amide bonds. The van der Waals surface area contributed by atoms with Gasteiger partial charge in [0.1, 0.15) is 0 Å². The van der Waals surface area contributed by atoms with Crippen LogP contribution in [0.4, 0.5) is 0 Å². The van der Waals surface area contributed by atoms with Crippen molar-refractivity contribution in [3.05, 3.63) is 0 Å². The van der Waals surface area contributed by atoms with Crippen molar-refractivity contribution in [3.63, 3.8) is 0 Å². The van der Waals surface area contributed by atoms with E-state index in [2.05, 4.69) is 69.2 Å². The lowest BCUT2D eigenvalue weighted by Gasteiger charge is -2.44. The Morgan fingerprint density at radius 1 is 0.587 bits per heavy atom. The molecule has 0 bridgehead atoms. The average Bonchev–Trinajstić information content (AvgIpc) is 3.02. The molecule has 0 aromatic carbocycles. The fourth-order valence-electron chi connectivity index (χ4n) is 9.97. The van der Waals surface area contributed by atoms with Gasteiger partial charge >= 0.3 is 11.9 Å². The third-order valence-corrected chi connectivity index (χ3v) is 13.5. The van der Waals surface area contributed by atoms with Gasteiger partial charge in [-0.1, -0.05) is 121 Å². The number of hydrogen-bond donors (Lipinski definition) is 0. The Morgan fingerprint density at radius 2 is 0.957 bits per heavy atom. The minimum absolute atomic E-state index is 0.151. The lowest BCUT2D eigenvalue weighted by molar-refractivity contribution is -0.166. The van der Waals surface area contributed by atoms with E-state index in [1.54, 1.807) is 0 Å². The molecule has 0 aromatic heterocycles. The van der Waals surface area contributed by atoms with Gasteiger partial charge in [-0.05, 0) is 110 Å². The van der Waals surface area contributed by atoms with Gasteiger partial charge in [-0.3, -0.25) is 9.59 Å². The number of carbonyl (C=O) groups excluding carboxylic acids is 2. The number of unbranched alkanes of at least 4 members (excludes halogenated alkanes) is 2. The molecule has 3 aliphatic carbocycles. The standard InChI is InChI=1S/C42H76O4/c1-11-13-23-41(7,8)25-37-29(3)19-21-33(31(37)5)27-45-39(43)35-17-15-16-18-36(35)40(44)46-28-34-22-20-30(4)38(32(34)6)26-42(9,10)24-14-12-2/h29-38H,11-28H2,1-10H3. The van der Waals surface area contributed by atoms with E-state index in [0.717, 1.165) is 50.4 Å². The van der Waals surface area contributed by atoms with E-state index in [9.17, 15) is 9.59 Å². The monoisotopic (exact) mass is 645 g/mol. The van der Waals surface area contributed by atoms with Crippen molar-refractivity contribution in [2.75, 3.05) is 13.2 Å². The van der Waals surface area contributed by atoms with Crippen molar-refractivity contribution < 1.29 is 19.1 Å². The van der Waals surface area contributed by atoms with E-state index < -0.39 is 0 Å². The molecule has 4 heteroatoms. The van der Waals surface area contributed by atoms with Gasteiger partial charge in [-0.25, -0.2) is 0 Å². The molecule has 3 saturated carbocycles. The maximum absolute atomic E-state index is 13.6. The number of rotatable bonds is 16. The Morgan fingerprint density at radius 3 is 1.30 bits per heavy atom. The van der Waals surface area contributed by atoms with Gasteiger partial charge in [-0.2, -0.15) is 0 Å². The molecule has 0 aliphatic heterocycles. The second-order valence-electron chi connectivity index (χ2n) is 18.4. The van der Waals surface area contributed by atoms with E-state index in [0.29, 0.717) is 59.6 Å². The number of ether oxygens (including phenoxy) is 2. The second kappa shape index (κ2) is 18.1. The van der Waals surface area contributed by atoms with E-state index in [-0.39, 0.29) is 23.8 Å². The molecule has 3 rings (SSSR count). The van der Waals surface area contributed by atoms with Crippen LogP contribution in [0.25, 0.3) is 0 Å². The first-order chi connectivity index (χ1) is 21.7. The summed E-state index contributed by atoms with van der Waals surface area (Å²) >= 11 is 0. The Hall–Kier alpha value is -1.06. The van der Waals surface area contributed by atoms with Crippen LogP contribution < -0.4 is 0 Å². The topological polar surface area (TPSA) is 52.6 Å². The Kier molecular flexibility index (Phi) is 15.5. The molecular weight excluding hydrogens is 568 g/mol. The molecule has 46 heavy (non-hydrogen) atoms. The van der Waals surface area contributed by atoms with Crippen molar-refractivity contribution >= 4 is 11.9 Å². The van der Waals surface area contributed by atoms with Crippen LogP contribution in [0.3, 0.4) is 0 Å².